The highest BCUT2D eigenvalue weighted by Gasteiger charge is 2.16. The van der Waals surface area contributed by atoms with Gasteiger partial charge in [0, 0.05) is 19.2 Å². The van der Waals surface area contributed by atoms with E-state index in [4.69, 9.17) is 4.74 Å². The predicted molar refractivity (Wildman–Crippen MR) is 89.3 cm³/mol. The molecule has 0 aliphatic heterocycles. The van der Waals surface area contributed by atoms with Gasteiger partial charge in [-0.25, -0.2) is 4.39 Å². The summed E-state index contributed by atoms with van der Waals surface area (Å²) in [6.07, 6.45) is 0. The van der Waals surface area contributed by atoms with E-state index in [0.717, 1.165) is 11.3 Å². The van der Waals surface area contributed by atoms with Crippen LogP contribution in [0.4, 0.5) is 10.1 Å². The normalized spacial score (nSPS) is 10.1. The minimum absolute atomic E-state index is 0.172. The fourth-order valence-electron chi connectivity index (χ4n) is 2.17. The van der Waals surface area contributed by atoms with E-state index in [1.54, 1.807) is 25.3 Å². The maximum Gasteiger partial charge on any atom is 0.240 e. The molecule has 0 heterocycles. The highest BCUT2D eigenvalue weighted by Crippen LogP contribution is 2.15. The average molecular weight is 330 g/mol. The van der Waals surface area contributed by atoms with Gasteiger partial charge >= 0.3 is 0 Å². The average Bonchev–Trinajstić information content (AvgIpc) is 2.58. The number of amides is 2. The van der Waals surface area contributed by atoms with Crippen LogP contribution in [-0.2, 0) is 16.1 Å². The quantitative estimate of drug-likeness (QED) is 0.885. The van der Waals surface area contributed by atoms with Gasteiger partial charge in [0.1, 0.15) is 18.1 Å². The van der Waals surface area contributed by atoms with E-state index in [9.17, 15) is 14.0 Å². The van der Waals surface area contributed by atoms with Gasteiger partial charge in [-0.2, -0.15) is 0 Å². The number of halogens is 1. The van der Waals surface area contributed by atoms with Crippen LogP contribution in [-0.4, -0.2) is 25.5 Å². The Bertz CT molecular complexity index is 716. The number of benzene rings is 2. The molecule has 6 heteroatoms. The number of anilines is 1. The number of nitrogens with one attached hydrogen (secondary N) is 1. The van der Waals surface area contributed by atoms with E-state index < -0.39 is 5.82 Å². The Morgan fingerprint density at radius 3 is 2.46 bits per heavy atom. The van der Waals surface area contributed by atoms with Crippen LogP contribution in [0, 0.1) is 5.82 Å². The molecule has 2 aromatic carbocycles. The molecule has 0 aliphatic rings. The van der Waals surface area contributed by atoms with Gasteiger partial charge in [0.15, 0.2) is 0 Å². The molecule has 0 saturated carbocycles. The Kier molecular flexibility index (Phi) is 5.89. The number of hydrogen-bond acceptors (Lipinski definition) is 3. The van der Waals surface area contributed by atoms with Crippen molar-refractivity contribution in [1.82, 2.24) is 5.32 Å². The summed E-state index contributed by atoms with van der Waals surface area (Å²) in [6, 6.07) is 12.9. The minimum atomic E-state index is -0.461. The van der Waals surface area contributed by atoms with E-state index in [2.05, 4.69) is 5.32 Å². The van der Waals surface area contributed by atoms with Crippen LogP contribution >= 0.6 is 0 Å². The molecule has 126 valence electrons. The van der Waals surface area contributed by atoms with E-state index >= 15 is 0 Å². The van der Waals surface area contributed by atoms with Gasteiger partial charge in [0.05, 0.1) is 7.11 Å². The van der Waals surface area contributed by atoms with E-state index in [1.807, 2.05) is 12.1 Å². The fraction of sp³-hybridized carbons (Fsp3) is 0.222. The number of hydrogen-bond donors (Lipinski definition) is 1. The summed E-state index contributed by atoms with van der Waals surface area (Å²) in [5, 5.41) is 2.74. The van der Waals surface area contributed by atoms with Gasteiger partial charge in [-0.3, -0.25) is 9.59 Å². The lowest BCUT2D eigenvalue weighted by molar-refractivity contribution is -0.123. The third-order valence-electron chi connectivity index (χ3n) is 3.45. The van der Waals surface area contributed by atoms with Gasteiger partial charge in [-0.05, 0) is 35.9 Å². The summed E-state index contributed by atoms with van der Waals surface area (Å²) < 4.78 is 18.4. The maximum absolute atomic E-state index is 13.3. The summed E-state index contributed by atoms with van der Waals surface area (Å²) in [6.45, 7) is 1.49. The van der Waals surface area contributed by atoms with E-state index in [1.165, 1.54) is 30.0 Å². The van der Waals surface area contributed by atoms with Crippen molar-refractivity contribution in [2.75, 3.05) is 18.6 Å². The molecule has 24 heavy (non-hydrogen) atoms. The summed E-state index contributed by atoms with van der Waals surface area (Å²) in [7, 11) is 1.58. The molecule has 0 saturated heterocycles. The van der Waals surface area contributed by atoms with Crippen molar-refractivity contribution in [2.45, 2.75) is 13.5 Å². The van der Waals surface area contributed by atoms with Crippen LogP contribution in [0.1, 0.15) is 12.5 Å². The van der Waals surface area contributed by atoms with E-state index in [-0.39, 0.29) is 18.4 Å². The van der Waals surface area contributed by atoms with Gasteiger partial charge in [0.2, 0.25) is 11.8 Å². The molecule has 2 aromatic rings. The lowest BCUT2D eigenvalue weighted by atomic mass is 10.2. The van der Waals surface area contributed by atoms with Crippen LogP contribution in [0.15, 0.2) is 48.5 Å². The molecule has 0 aliphatic carbocycles. The molecule has 0 atom stereocenters. The molecule has 0 fully saturated rings. The van der Waals surface area contributed by atoms with Crippen LogP contribution in [0.3, 0.4) is 0 Å². The molecule has 2 rings (SSSR count). The molecule has 0 aromatic heterocycles. The number of rotatable bonds is 6. The second-order valence-electron chi connectivity index (χ2n) is 5.21. The third kappa shape index (κ3) is 4.81. The summed E-state index contributed by atoms with van der Waals surface area (Å²) in [5.74, 6) is -0.387. The zero-order valence-corrected chi connectivity index (χ0v) is 13.6. The number of carbonyl (C=O) groups excluding carboxylic acids is 2. The number of nitrogens with zero attached hydrogens (tertiary/aromatic N) is 1. The van der Waals surface area contributed by atoms with Crippen molar-refractivity contribution >= 4 is 17.5 Å². The second-order valence-corrected chi connectivity index (χ2v) is 5.21. The fourth-order valence-corrected chi connectivity index (χ4v) is 2.17. The standard InChI is InChI=1S/C18H19FN2O3/c1-13(22)21(16-5-3-4-15(19)10-16)12-18(23)20-11-14-6-8-17(24-2)9-7-14/h3-10H,11-12H2,1-2H3,(H,20,23). The first-order chi connectivity index (χ1) is 11.5. The monoisotopic (exact) mass is 330 g/mol. The number of ether oxygens (including phenoxy) is 1. The molecule has 5 nitrogen and oxygen atoms in total. The molecule has 2 amide bonds. The minimum Gasteiger partial charge on any atom is -0.497 e. The van der Waals surface area contributed by atoms with Crippen molar-refractivity contribution < 1.29 is 18.7 Å². The number of carbonyl (C=O) groups is 2. The zero-order valence-electron chi connectivity index (χ0n) is 13.6. The highest BCUT2D eigenvalue weighted by atomic mass is 19.1. The van der Waals surface area contributed by atoms with Crippen molar-refractivity contribution in [1.29, 1.82) is 0 Å². The van der Waals surface area contributed by atoms with E-state index in [0.29, 0.717) is 12.2 Å². The lowest BCUT2D eigenvalue weighted by Gasteiger charge is -2.20. The highest BCUT2D eigenvalue weighted by molar-refractivity contribution is 5.97. The molecule has 0 radical (unpaired) electrons. The number of methoxy groups -OCH3 is 1. The largest absolute Gasteiger partial charge is 0.497 e. The summed E-state index contributed by atoms with van der Waals surface area (Å²) in [5.41, 5.74) is 1.26. The van der Waals surface area contributed by atoms with Crippen molar-refractivity contribution in [3.05, 3.63) is 59.9 Å². The Morgan fingerprint density at radius 2 is 1.88 bits per heavy atom. The molecule has 1 N–H and O–H groups in total. The van der Waals surface area contributed by atoms with Crippen molar-refractivity contribution in [2.24, 2.45) is 0 Å². The molecule has 0 unspecified atom stereocenters. The van der Waals surface area contributed by atoms with Gasteiger partial charge in [-0.15, -0.1) is 0 Å². The van der Waals surface area contributed by atoms with Crippen LogP contribution < -0.4 is 15.0 Å². The Hall–Kier alpha value is -2.89. The van der Waals surface area contributed by atoms with Gasteiger partial charge in [0.25, 0.3) is 0 Å². The first kappa shape index (κ1) is 17.5. The van der Waals surface area contributed by atoms with Crippen LogP contribution in [0.2, 0.25) is 0 Å². The Labute approximate surface area is 140 Å². The smallest absolute Gasteiger partial charge is 0.240 e. The lowest BCUT2D eigenvalue weighted by Crippen LogP contribution is -2.39. The Balaban J connectivity index is 1.96. The summed E-state index contributed by atoms with van der Waals surface area (Å²) >= 11 is 0. The maximum atomic E-state index is 13.3. The first-order valence-electron chi connectivity index (χ1n) is 7.43. The van der Waals surface area contributed by atoms with Crippen molar-refractivity contribution in [3.63, 3.8) is 0 Å². The van der Waals surface area contributed by atoms with Crippen molar-refractivity contribution in [3.8, 4) is 5.75 Å². The zero-order chi connectivity index (χ0) is 17.5. The topological polar surface area (TPSA) is 58.6 Å². The van der Waals surface area contributed by atoms with Gasteiger partial charge in [-0.1, -0.05) is 18.2 Å². The first-order valence-corrected chi connectivity index (χ1v) is 7.43. The van der Waals surface area contributed by atoms with Crippen LogP contribution in [0.25, 0.3) is 0 Å². The summed E-state index contributed by atoms with van der Waals surface area (Å²) in [4.78, 5) is 25.1. The SMILES string of the molecule is COc1ccc(CNC(=O)CN(C(C)=O)c2cccc(F)c2)cc1. The molecule has 0 spiro atoms. The molecule has 0 bridgehead atoms. The molecular formula is C18H19FN2O3. The Morgan fingerprint density at radius 1 is 1.17 bits per heavy atom. The third-order valence-corrected chi connectivity index (χ3v) is 3.45. The predicted octanol–water partition coefficient (Wildman–Crippen LogP) is 2.50. The second kappa shape index (κ2) is 8.10. The van der Waals surface area contributed by atoms with Crippen LogP contribution in [0.5, 0.6) is 5.75 Å². The molecular weight excluding hydrogens is 311 g/mol. The van der Waals surface area contributed by atoms with Gasteiger partial charge < -0.3 is 15.0 Å².